The molecular formula is C17H19N3O7S2. The third-order valence-corrected chi connectivity index (χ3v) is 6.00. The number of nitrogens with one attached hydrogen (secondary N) is 2. The lowest BCUT2D eigenvalue weighted by atomic mass is 10.3. The highest BCUT2D eigenvalue weighted by Crippen LogP contribution is 2.14. The van der Waals surface area contributed by atoms with Crippen molar-refractivity contribution >= 4 is 37.6 Å². The van der Waals surface area contributed by atoms with Gasteiger partial charge in [-0.15, -0.1) is 0 Å². The molecule has 0 aliphatic carbocycles. The Morgan fingerprint density at radius 3 is 2.24 bits per heavy atom. The monoisotopic (exact) mass is 441 g/mol. The van der Waals surface area contributed by atoms with Crippen molar-refractivity contribution in [2.24, 2.45) is 5.14 Å². The fourth-order valence-corrected chi connectivity index (χ4v) is 3.93. The second-order valence-corrected chi connectivity index (χ2v) is 9.16. The molecule has 10 nitrogen and oxygen atoms in total. The maximum atomic E-state index is 12.2. The van der Waals surface area contributed by atoms with Gasteiger partial charge in [0.1, 0.15) is 6.04 Å². The van der Waals surface area contributed by atoms with E-state index < -0.39 is 44.6 Å². The summed E-state index contributed by atoms with van der Waals surface area (Å²) in [6.45, 7) is 0.576. The fraction of sp³-hybridized carbons (Fsp3) is 0.176. The summed E-state index contributed by atoms with van der Waals surface area (Å²) >= 11 is 0. The van der Waals surface area contributed by atoms with Crippen molar-refractivity contribution in [3.05, 3.63) is 54.6 Å². The lowest BCUT2D eigenvalue weighted by molar-refractivity contribution is -0.148. The largest absolute Gasteiger partial charge is 0.454 e. The average molecular weight is 441 g/mol. The highest BCUT2D eigenvalue weighted by atomic mass is 32.2. The summed E-state index contributed by atoms with van der Waals surface area (Å²) in [6, 6.07) is 11.4. The predicted octanol–water partition coefficient (Wildman–Crippen LogP) is 0.183. The quantitative estimate of drug-likeness (QED) is 0.492. The highest BCUT2D eigenvalue weighted by Gasteiger charge is 2.23. The van der Waals surface area contributed by atoms with E-state index in [1.54, 1.807) is 6.07 Å². The van der Waals surface area contributed by atoms with E-state index in [1.807, 2.05) is 0 Å². The number of anilines is 1. The molecule has 0 spiro atoms. The van der Waals surface area contributed by atoms with Crippen LogP contribution in [0.1, 0.15) is 6.92 Å². The third-order valence-electron chi connectivity index (χ3n) is 3.53. The molecule has 156 valence electrons. The van der Waals surface area contributed by atoms with Gasteiger partial charge in [0, 0.05) is 5.69 Å². The summed E-state index contributed by atoms with van der Waals surface area (Å²) in [5.74, 6) is -1.71. The number of rotatable bonds is 8. The van der Waals surface area contributed by atoms with E-state index in [2.05, 4.69) is 10.0 Å². The number of hydrogen-bond donors (Lipinski definition) is 3. The zero-order valence-corrected chi connectivity index (χ0v) is 16.9. The lowest BCUT2D eigenvalue weighted by Crippen LogP contribution is -2.40. The minimum Gasteiger partial charge on any atom is -0.454 e. The number of hydrogen-bond acceptors (Lipinski definition) is 7. The Hall–Kier alpha value is -2.80. The van der Waals surface area contributed by atoms with Crippen LogP contribution in [-0.2, 0) is 34.4 Å². The maximum absolute atomic E-state index is 12.2. The smallest absolute Gasteiger partial charge is 0.324 e. The van der Waals surface area contributed by atoms with Gasteiger partial charge in [-0.05, 0) is 37.3 Å². The van der Waals surface area contributed by atoms with E-state index in [0.717, 1.165) is 6.07 Å². The number of nitrogens with two attached hydrogens (primary N) is 1. The minimum atomic E-state index is -3.94. The standard InChI is InChI=1S/C17H19N3O7S2/c1-12(20-29(25,26)14-7-3-2-4-8-14)17(22)27-11-16(21)19-13-6-5-9-15(10-13)28(18,23)24/h2-10,12,20H,11H2,1H3,(H,19,21)(H2,18,23,24). The zero-order valence-electron chi connectivity index (χ0n) is 15.2. The second kappa shape index (κ2) is 9.13. The molecule has 2 rings (SSSR count). The number of ether oxygens (including phenoxy) is 1. The van der Waals surface area contributed by atoms with Crippen molar-refractivity contribution < 1.29 is 31.2 Å². The summed E-state index contributed by atoms with van der Waals surface area (Å²) in [4.78, 5) is 23.6. The van der Waals surface area contributed by atoms with Gasteiger partial charge in [0.25, 0.3) is 5.91 Å². The summed E-state index contributed by atoms with van der Waals surface area (Å²) in [6.07, 6.45) is 0. The molecule has 4 N–H and O–H groups in total. The lowest BCUT2D eigenvalue weighted by Gasteiger charge is -2.14. The molecule has 0 saturated heterocycles. The number of benzene rings is 2. The van der Waals surface area contributed by atoms with Crippen LogP contribution in [0.25, 0.3) is 0 Å². The van der Waals surface area contributed by atoms with Gasteiger partial charge < -0.3 is 10.1 Å². The number of carbonyl (C=O) groups is 2. The van der Waals surface area contributed by atoms with Gasteiger partial charge in [-0.25, -0.2) is 22.0 Å². The summed E-state index contributed by atoms with van der Waals surface area (Å²) in [7, 11) is -7.87. The molecule has 0 heterocycles. The Balaban J connectivity index is 1.91. The normalized spacial score (nSPS) is 12.8. The molecule has 0 aliphatic rings. The zero-order chi connectivity index (χ0) is 21.7. The van der Waals surface area contributed by atoms with Crippen molar-refractivity contribution in [1.29, 1.82) is 0 Å². The van der Waals surface area contributed by atoms with Crippen molar-refractivity contribution in [2.75, 3.05) is 11.9 Å². The first-order valence-corrected chi connectivity index (χ1v) is 11.2. The third kappa shape index (κ3) is 6.64. The summed E-state index contributed by atoms with van der Waals surface area (Å²) in [5.41, 5.74) is 0.135. The molecule has 1 atom stereocenters. The van der Waals surface area contributed by atoms with E-state index in [0.29, 0.717) is 0 Å². The number of carbonyl (C=O) groups excluding carboxylic acids is 2. The molecule has 2 aromatic rings. The van der Waals surface area contributed by atoms with Gasteiger partial charge in [0.15, 0.2) is 6.61 Å². The molecule has 12 heteroatoms. The van der Waals surface area contributed by atoms with E-state index in [-0.39, 0.29) is 15.5 Å². The van der Waals surface area contributed by atoms with E-state index in [9.17, 15) is 26.4 Å². The van der Waals surface area contributed by atoms with Crippen molar-refractivity contribution in [3.8, 4) is 0 Å². The maximum Gasteiger partial charge on any atom is 0.324 e. The Kier molecular flexibility index (Phi) is 7.08. The van der Waals surface area contributed by atoms with Crippen molar-refractivity contribution in [3.63, 3.8) is 0 Å². The fourth-order valence-electron chi connectivity index (χ4n) is 2.16. The van der Waals surface area contributed by atoms with Gasteiger partial charge in [0.2, 0.25) is 20.0 Å². The molecule has 0 radical (unpaired) electrons. The number of amides is 1. The van der Waals surface area contributed by atoms with Crippen LogP contribution < -0.4 is 15.2 Å². The number of primary sulfonamides is 1. The van der Waals surface area contributed by atoms with Crippen LogP contribution in [0.4, 0.5) is 5.69 Å². The molecule has 29 heavy (non-hydrogen) atoms. The Bertz CT molecular complexity index is 1100. The molecule has 0 bridgehead atoms. The number of esters is 1. The molecule has 2 aromatic carbocycles. The molecule has 0 aromatic heterocycles. The average Bonchev–Trinajstić information content (AvgIpc) is 2.66. The number of sulfonamides is 2. The molecule has 1 amide bonds. The van der Waals surface area contributed by atoms with Crippen LogP contribution in [0.2, 0.25) is 0 Å². The molecular weight excluding hydrogens is 422 g/mol. The topological polar surface area (TPSA) is 162 Å². The SMILES string of the molecule is CC(NS(=O)(=O)c1ccccc1)C(=O)OCC(=O)Nc1cccc(S(N)(=O)=O)c1. The van der Waals surface area contributed by atoms with E-state index in [4.69, 9.17) is 9.88 Å². The van der Waals surface area contributed by atoms with E-state index >= 15 is 0 Å². The van der Waals surface area contributed by atoms with Crippen LogP contribution in [0.5, 0.6) is 0 Å². The Labute approximate surface area is 168 Å². The van der Waals surface area contributed by atoms with Crippen LogP contribution in [0, 0.1) is 0 Å². The van der Waals surface area contributed by atoms with E-state index in [1.165, 1.54) is 49.4 Å². The molecule has 1 unspecified atom stereocenters. The second-order valence-electron chi connectivity index (χ2n) is 5.88. The van der Waals surface area contributed by atoms with Crippen LogP contribution in [-0.4, -0.2) is 41.4 Å². The van der Waals surface area contributed by atoms with Crippen molar-refractivity contribution in [1.82, 2.24) is 4.72 Å². The first-order chi connectivity index (χ1) is 13.5. The van der Waals surface area contributed by atoms with Crippen LogP contribution in [0.3, 0.4) is 0 Å². The first-order valence-electron chi connectivity index (χ1n) is 8.16. The minimum absolute atomic E-state index is 0.0212. The Morgan fingerprint density at radius 1 is 1.00 bits per heavy atom. The first kappa shape index (κ1) is 22.5. The Morgan fingerprint density at radius 2 is 1.62 bits per heavy atom. The van der Waals surface area contributed by atoms with Gasteiger partial charge in [-0.3, -0.25) is 9.59 Å². The van der Waals surface area contributed by atoms with Gasteiger partial charge >= 0.3 is 5.97 Å². The summed E-state index contributed by atoms with van der Waals surface area (Å²) in [5, 5.41) is 7.36. The van der Waals surface area contributed by atoms with Gasteiger partial charge in [-0.1, -0.05) is 24.3 Å². The summed E-state index contributed by atoms with van der Waals surface area (Å²) < 4.78 is 53.9. The molecule has 0 saturated carbocycles. The van der Waals surface area contributed by atoms with Gasteiger partial charge in [-0.2, -0.15) is 4.72 Å². The highest BCUT2D eigenvalue weighted by molar-refractivity contribution is 7.89. The van der Waals surface area contributed by atoms with Crippen LogP contribution in [0.15, 0.2) is 64.4 Å². The van der Waals surface area contributed by atoms with Gasteiger partial charge in [0.05, 0.1) is 9.79 Å². The predicted molar refractivity (Wildman–Crippen MR) is 104 cm³/mol. The van der Waals surface area contributed by atoms with Crippen molar-refractivity contribution in [2.45, 2.75) is 22.8 Å². The molecule has 0 aliphatic heterocycles. The van der Waals surface area contributed by atoms with Crippen LogP contribution >= 0.6 is 0 Å². The molecule has 0 fully saturated rings.